The Bertz CT molecular complexity index is 596. The smallest absolute Gasteiger partial charge is 0.139 e. The molecule has 1 nitrogen and oxygen atoms in total. The van der Waals surface area contributed by atoms with Crippen LogP contribution in [0.25, 0.3) is 11.1 Å². The molecule has 0 bridgehead atoms. The van der Waals surface area contributed by atoms with Crippen molar-refractivity contribution in [1.82, 2.24) is 0 Å². The monoisotopic (exact) mass is 320 g/mol. The molecule has 0 aromatic heterocycles. The van der Waals surface area contributed by atoms with Crippen molar-refractivity contribution in [3.63, 3.8) is 0 Å². The lowest BCUT2D eigenvalue weighted by Gasteiger charge is -2.11. The zero-order valence-corrected chi connectivity index (χ0v) is 12.3. The summed E-state index contributed by atoms with van der Waals surface area (Å²) in [4.78, 5) is 0. The van der Waals surface area contributed by atoms with E-state index < -0.39 is 0 Å². The predicted molar refractivity (Wildman–Crippen MR) is 78.5 cm³/mol. The first-order valence-electron chi connectivity index (χ1n) is 5.02. The van der Waals surface area contributed by atoms with Crippen LogP contribution in [-0.4, -0.2) is 7.11 Å². The Morgan fingerprint density at radius 1 is 0.833 bits per heavy atom. The largest absolute Gasteiger partial charge is 0.495 e. The zero-order chi connectivity index (χ0) is 13.3. The number of methoxy groups -OCH3 is 1. The van der Waals surface area contributed by atoms with Crippen LogP contribution in [0.2, 0.25) is 20.1 Å². The molecule has 0 N–H and O–H groups in total. The quantitative estimate of drug-likeness (QED) is 0.661. The lowest BCUT2D eigenvalue weighted by Crippen LogP contribution is -1.88. The fourth-order valence-corrected chi connectivity index (χ4v) is 2.62. The van der Waals surface area contributed by atoms with E-state index in [4.69, 9.17) is 51.1 Å². The minimum atomic E-state index is 0.364. The third-order valence-electron chi connectivity index (χ3n) is 2.49. The molecule has 5 heteroatoms. The summed E-state index contributed by atoms with van der Waals surface area (Å²) in [7, 11) is 1.53. The lowest BCUT2D eigenvalue weighted by molar-refractivity contribution is 0.415. The van der Waals surface area contributed by atoms with Gasteiger partial charge in [0.15, 0.2) is 0 Å². The number of halogens is 4. The summed E-state index contributed by atoms with van der Waals surface area (Å²) in [6.45, 7) is 0. The second-order valence-corrected chi connectivity index (χ2v) is 5.17. The Morgan fingerprint density at radius 2 is 1.50 bits per heavy atom. The summed E-state index contributed by atoms with van der Waals surface area (Å²) >= 11 is 24.3. The van der Waals surface area contributed by atoms with Crippen LogP contribution in [0, 0.1) is 0 Å². The van der Waals surface area contributed by atoms with Gasteiger partial charge in [-0.05, 0) is 24.3 Å². The van der Waals surface area contributed by atoms with E-state index in [1.165, 1.54) is 7.11 Å². The Labute approximate surface area is 125 Å². The van der Waals surface area contributed by atoms with E-state index in [0.717, 1.165) is 11.1 Å². The second kappa shape index (κ2) is 5.58. The maximum absolute atomic E-state index is 6.22. The number of benzene rings is 2. The summed E-state index contributed by atoms with van der Waals surface area (Å²) in [5, 5.41) is 1.85. The number of rotatable bonds is 2. The standard InChI is InChI=1S/C13H8Cl4O/c1-18-11-5-4-9(12(16)13(11)17)8-3-2-7(14)6-10(8)15/h2-6H,1H3. The van der Waals surface area contributed by atoms with E-state index in [-0.39, 0.29) is 0 Å². The van der Waals surface area contributed by atoms with Gasteiger partial charge in [0, 0.05) is 21.2 Å². The van der Waals surface area contributed by atoms with Crippen LogP contribution in [-0.2, 0) is 0 Å². The Kier molecular flexibility index (Phi) is 4.29. The summed E-state index contributed by atoms with van der Waals surface area (Å²) in [6, 6.07) is 8.76. The van der Waals surface area contributed by atoms with Crippen molar-refractivity contribution in [2.24, 2.45) is 0 Å². The molecular weight excluding hydrogens is 314 g/mol. The average molecular weight is 322 g/mol. The van der Waals surface area contributed by atoms with Crippen molar-refractivity contribution in [2.75, 3.05) is 7.11 Å². The lowest BCUT2D eigenvalue weighted by atomic mass is 10.1. The topological polar surface area (TPSA) is 9.23 Å². The van der Waals surface area contributed by atoms with Crippen molar-refractivity contribution >= 4 is 46.4 Å². The first-order chi connectivity index (χ1) is 8.54. The Morgan fingerprint density at radius 3 is 2.11 bits per heavy atom. The van der Waals surface area contributed by atoms with E-state index >= 15 is 0 Å². The number of hydrogen-bond donors (Lipinski definition) is 0. The predicted octanol–water partition coefficient (Wildman–Crippen LogP) is 5.98. The van der Waals surface area contributed by atoms with Gasteiger partial charge < -0.3 is 4.74 Å². The van der Waals surface area contributed by atoms with Gasteiger partial charge in [0.1, 0.15) is 10.8 Å². The van der Waals surface area contributed by atoms with Gasteiger partial charge in [0.25, 0.3) is 0 Å². The highest BCUT2D eigenvalue weighted by molar-refractivity contribution is 6.45. The van der Waals surface area contributed by atoms with E-state index in [2.05, 4.69) is 0 Å². The molecule has 0 heterocycles. The third-order valence-corrected chi connectivity index (χ3v) is 3.90. The molecule has 2 rings (SSSR count). The molecule has 0 aliphatic heterocycles. The molecule has 0 unspecified atom stereocenters. The summed E-state index contributed by atoms with van der Waals surface area (Å²) in [6.07, 6.45) is 0. The van der Waals surface area contributed by atoms with Crippen LogP contribution in [0.3, 0.4) is 0 Å². The van der Waals surface area contributed by atoms with Crippen LogP contribution in [0.5, 0.6) is 5.75 Å². The average Bonchev–Trinajstić information content (AvgIpc) is 2.34. The highest BCUT2D eigenvalue weighted by Crippen LogP contribution is 2.41. The molecule has 0 aliphatic rings. The minimum Gasteiger partial charge on any atom is -0.495 e. The van der Waals surface area contributed by atoms with Gasteiger partial charge >= 0.3 is 0 Å². The molecule has 0 amide bonds. The Balaban J connectivity index is 2.61. The van der Waals surface area contributed by atoms with E-state index in [1.807, 2.05) is 6.07 Å². The van der Waals surface area contributed by atoms with Gasteiger partial charge in [-0.3, -0.25) is 0 Å². The van der Waals surface area contributed by atoms with Crippen molar-refractivity contribution in [1.29, 1.82) is 0 Å². The van der Waals surface area contributed by atoms with Crippen molar-refractivity contribution in [3.05, 3.63) is 50.4 Å². The van der Waals surface area contributed by atoms with E-state index in [0.29, 0.717) is 25.8 Å². The molecule has 0 saturated carbocycles. The van der Waals surface area contributed by atoms with Gasteiger partial charge in [-0.25, -0.2) is 0 Å². The summed E-state index contributed by atoms with van der Waals surface area (Å²) < 4.78 is 5.10. The molecule has 94 valence electrons. The maximum Gasteiger partial charge on any atom is 0.139 e. The molecule has 0 atom stereocenters. The highest BCUT2D eigenvalue weighted by atomic mass is 35.5. The van der Waals surface area contributed by atoms with Crippen LogP contribution in [0.4, 0.5) is 0 Å². The van der Waals surface area contributed by atoms with Crippen LogP contribution >= 0.6 is 46.4 Å². The molecule has 0 spiro atoms. The van der Waals surface area contributed by atoms with Gasteiger partial charge in [0.2, 0.25) is 0 Å². The maximum atomic E-state index is 6.22. The van der Waals surface area contributed by atoms with E-state index in [9.17, 15) is 0 Å². The van der Waals surface area contributed by atoms with Gasteiger partial charge in [0.05, 0.1) is 12.1 Å². The van der Waals surface area contributed by atoms with Crippen molar-refractivity contribution < 1.29 is 4.74 Å². The zero-order valence-electron chi connectivity index (χ0n) is 9.31. The van der Waals surface area contributed by atoms with Crippen molar-refractivity contribution in [2.45, 2.75) is 0 Å². The normalized spacial score (nSPS) is 10.5. The van der Waals surface area contributed by atoms with Gasteiger partial charge in [-0.15, -0.1) is 0 Å². The molecular formula is C13H8Cl4O. The first-order valence-corrected chi connectivity index (χ1v) is 6.53. The number of ether oxygens (including phenoxy) is 1. The molecule has 18 heavy (non-hydrogen) atoms. The van der Waals surface area contributed by atoms with E-state index in [1.54, 1.807) is 24.3 Å². The number of hydrogen-bond acceptors (Lipinski definition) is 1. The molecule has 0 aliphatic carbocycles. The minimum absolute atomic E-state index is 0.364. The van der Waals surface area contributed by atoms with Crippen LogP contribution in [0.1, 0.15) is 0 Å². The van der Waals surface area contributed by atoms with Gasteiger partial charge in [-0.2, -0.15) is 0 Å². The Hall–Kier alpha value is -0.600. The summed E-state index contributed by atoms with van der Waals surface area (Å²) in [5.41, 5.74) is 1.51. The fourth-order valence-electron chi connectivity index (χ4n) is 1.61. The molecule has 0 fully saturated rings. The molecule has 2 aromatic rings. The second-order valence-electron chi connectivity index (χ2n) is 3.57. The highest BCUT2D eigenvalue weighted by Gasteiger charge is 2.14. The third kappa shape index (κ3) is 2.55. The summed E-state index contributed by atoms with van der Waals surface area (Å²) in [5.74, 6) is 0.524. The molecule has 2 aromatic carbocycles. The van der Waals surface area contributed by atoms with Crippen LogP contribution < -0.4 is 4.74 Å². The van der Waals surface area contributed by atoms with Gasteiger partial charge in [-0.1, -0.05) is 52.5 Å². The SMILES string of the molecule is COc1ccc(-c2ccc(Cl)cc2Cl)c(Cl)c1Cl. The van der Waals surface area contributed by atoms with Crippen LogP contribution in [0.15, 0.2) is 30.3 Å². The fraction of sp³-hybridized carbons (Fsp3) is 0.0769. The van der Waals surface area contributed by atoms with Crippen molar-refractivity contribution in [3.8, 4) is 16.9 Å². The molecule has 0 saturated heterocycles. The first kappa shape index (κ1) is 13.8. The molecule has 0 radical (unpaired) electrons.